The van der Waals surface area contributed by atoms with Crippen LogP contribution in [-0.4, -0.2) is 45.3 Å². The van der Waals surface area contributed by atoms with Crippen molar-refractivity contribution in [2.45, 2.75) is 17.7 Å². The van der Waals surface area contributed by atoms with Gasteiger partial charge in [-0.3, -0.25) is 4.79 Å². The van der Waals surface area contributed by atoms with Crippen LogP contribution in [0.25, 0.3) is 0 Å². The molecule has 0 aliphatic carbocycles. The Morgan fingerprint density at radius 2 is 1.60 bits per heavy atom. The number of hydrogen-bond acceptors (Lipinski definition) is 6. The Bertz CT molecular complexity index is 1380. The first-order valence-electron chi connectivity index (χ1n) is 11.4. The average molecular weight is 492 g/mol. The van der Waals surface area contributed by atoms with E-state index < -0.39 is 10.0 Å². The highest BCUT2D eigenvalue weighted by molar-refractivity contribution is 7.90. The topological polar surface area (TPSA) is 97.3 Å². The lowest BCUT2D eigenvalue weighted by Crippen LogP contribution is -2.41. The molecular formula is C26H25N3O5S. The minimum absolute atomic E-state index is 0.0515. The van der Waals surface area contributed by atoms with Crippen molar-refractivity contribution in [2.75, 3.05) is 25.5 Å². The summed E-state index contributed by atoms with van der Waals surface area (Å²) in [4.78, 5) is 15.1. The van der Waals surface area contributed by atoms with Gasteiger partial charge in [-0.05, 0) is 61.4 Å². The molecule has 0 aromatic heterocycles. The van der Waals surface area contributed by atoms with Crippen LogP contribution in [0.1, 0.15) is 18.4 Å². The Morgan fingerprint density at radius 1 is 0.943 bits per heavy atom. The molecule has 3 aromatic rings. The molecule has 2 aliphatic heterocycles. The molecule has 0 unspecified atom stereocenters. The van der Waals surface area contributed by atoms with Crippen molar-refractivity contribution in [3.05, 3.63) is 78.4 Å². The van der Waals surface area contributed by atoms with Gasteiger partial charge in [-0.25, -0.2) is 0 Å². The van der Waals surface area contributed by atoms with Gasteiger partial charge in [0.25, 0.3) is 10.0 Å². The van der Waals surface area contributed by atoms with E-state index in [1.807, 2.05) is 35.2 Å². The normalized spacial score (nSPS) is 16.8. The van der Waals surface area contributed by atoms with Gasteiger partial charge < -0.3 is 19.7 Å². The maximum absolute atomic E-state index is 12.9. The highest BCUT2D eigenvalue weighted by Crippen LogP contribution is 2.32. The molecule has 9 heteroatoms. The lowest BCUT2D eigenvalue weighted by atomic mass is 9.95. The van der Waals surface area contributed by atoms with Gasteiger partial charge in [0.2, 0.25) is 5.91 Å². The van der Waals surface area contributed by atoms with E-state index in [2.05, 4.69) is 9.71 Å². The summed E-state index contributed by atoms with van der Waals surface area (Å²) in [6, 6.07) is 21.4. The number of nitrogens with zero attached hydrogens (tertiary/aromatic N) is 2. The van der Waals surface area contributed by atoms with Gasteiger partial charge in [-0.1, -0.05) is 24.3 Å². The number of ether oxygens (including phenoxy) is 2. The van der Waals surface area contributed by atoms with Crippen LogP contribution in [0, 0.1) is 5.92 Å². The average Bonchev–Trinajstić information content (AvgIpc) is 3.16. The van der Waals surface area contributed by atoms with Gasteiger partial charge in [0.1, 0.15) is 10.6 Å². The molecule has 180 valence electrons. The molecule has 0 bridgehead atoms. The van der Waals surface area contributed by atoms with Crippen LogP contribution >= 0.6 is 0 Å². The summed E-state index contributed by atoms with van der Waals surface area (Å²) >= 11 is 0. The number of amidine groups is 1. The van der Waals surface area contributed by atoms with Crippen molar-refractivity contribution in [3.63, 3.8) is 0 Å². The Hall–Kier alpha value is -3.85. The summed E-state index contributed by atoms with van der Waals surface area (Å²) in [6.45, 7) is 1.12. The molecule has 8 nitrogen and oxygen atoms in total. The van der Waals surface area contributed by atoms with Crippen LogP contribution in [0.5, 0.6) is 17.2 Å². The molecule has 0 spiro atoms. The molecule has 2 aliphatic rings. The molecule has 1 saturated heterocycles. The SMILES string of the molecule is COc1ccccc1Oc1ccc(NC(=O)C2CCN(C3=NS(=O)(=O)c4ccccc43)CC2)cc1. The van der Waals surface area contributed by atoms with Crippen LogP contribution in [0.3, 0.4) is 0 Å². The number of amides is 1. The number of carbonyl (C=O) groups excluding carboxylic acids is 1. The number of hydrogen-bond donors (Lipinski definition) is 1. The van der Waals surface area contributed by atoms with Gasteiger partial charge in [0, 0.05) is 30.3 Å². The predicted molar refractivity (Wildman–Crippen MR) is 133 cm³/mol. The minimum atomic E-state index is -3.65. The lowest BCUT2D eigenvalue weighted by molar-refractivity contribution is -0.120. The van der Waals surface area contributed by atoms with E-state index in [4.69, 9.17) is 9.47 Å². The monoisotopic (exact) mass is 491 g/mol. The summed E-state index contributed by atoms with van der Waals surface area (Å²) in [5.41, 5.74) is 1.32. The first kappa shape index (κ1) is 22.9. The smallest absolute Gasteiger partial charge is 0.285 e. The van der Waals surface area contributed by atoms with Crippen LogP contribution in [0.4, 0.5) is 5.69 Å². The number of anilines is 1. The zero-order valence-corrected chi connectivity index (χ0v) is 20.0. The third-order valence-corrected chi connectivity index (χ3v) is 7.52. The number of piperidine rings is 1. The van der Waals surface area contributed by atoms with Gasteiger partial charge in [0.15, 0.2) is 17.3 Å². The Balaban J connectivity index is 1.18. The quantitative estimate of drug-likeness (QED) is 0.572. The second-order valence-corrected chi connectivity index (χ2v) is 9.99. The summed E-state index contributed by atoms with van der Waals surface area (Å²) in [6.07, 6.45) is 1.23. The zero-order chi connectivity index (χ0) is 24.4. The minimum Gasteiger partial charge on any atom is -0.493 e. The molecule has 1 fully saturated rings. The Morgan fingerprint density at radius 3 is 2.31 bits per heavy atom. The number of para-hydroxylation sites is 2. The number of fused-ring (bicyclic) bond motifs is 1. The molecule has 0 saturated carbocycles. The van der Waals surface area contributed by atoms with E-state index in [0.717, 1.165) is 0 Å². The third-order valence-electron chi connectivity index (χ3n) is 6.20. The van der Waals surface area contributed by atoms with E-state index in [0.29, 0.717) is 60.3 Å². The second kappa shape index (κ2) is 9.42. The zero-order valence-electron chi connectivity index (χ0n) is 19.2. The number of benzene rings is 3. The van der Waals surface area contributed by atoms with E-state index >= 15 is 0 Å². The number of sulfonamides is 1. The summed E-state index contributed by atoms with van der Waals surface area (Å²) in [7, 11) is -2.06. The number of rotatable bonds is 5. The number of likely N-dealkylation sites (tertiary alicyclic amines) is 1. The second-order valence-electron chi connectivity index (χ2n) is 8.41. The van der Waals surface area contributed by atoms with E-state index in [-0.39, 0.29) is 16.7 Å². The molecule has 0 atom stereocenters. The standard InChI is InChI=1S/C26H25N3O5S/c1-33-22-7-3-4-8-23(22)34-20-12-10-19(11-13-20)27-26(30)18-14-16-29(17-15-18)25-21-6-2-5-9-24(21)35(31,32)28-25/h2-13,18H,14-17H2,1H3,(H,27,30). The lowest BCUT2D eigenvalue weighted by Gasteiger charge is -2.32. The summed E-state index contributed by atoms with van der Waals surface area (Å²) in [5.74, 6) is 2.15. The van der Waals surface area contributed by atoms with Crippen molar-refractivity contribution in [3.8, 4) is 17.2 Å². The van der Waals surface area contributed by atoms with Crippen LogP contribution < -0.4 is 14.8 Å². The van der Waals surface area contributed by atoms with E-state index in [1.54, 1.807) is 49.6 Å². The Kier molecular flexibility index (Phi) is 6.17. The van der Waals surface area contributed by atoms with Crippen molar-refractivity contribution in [2.24, 2.45) is 10.3 Å². The van der Waals surface area contributed by atoms with Crippen molar-refractivity contribution in [1.82, 2.24) is 4.90 Å². The maximum atomic E-state index is 12.9. The molecule has 5 rings (SSSR count). The Labute approximate surface area is 204 Å². The maximum Gasteiger partial charge on any atom is 0.285 e. The highest BCUT2D eigenvalue weighted by Gasteiger charge is 2.34. The van der Waals surface area contributed by atoms with E-state index in [1.165, 1.54) is 0 Å². The number of methoxy groups -OCH3 is 1. The van der Waals surface area contributed by atoms with E-state index in [9.17, 15) is 13.2 Å². The van der Waals surface area contributed by atoms with Gasteiger partial charge in [-0.15, -0.1) is 4.40 Å². The summed E-state index contributed by atoms with van der Waals surface area (Å²) in [5, 5.41) is 2.97. The molecule has 1 amide bonds. The number of carbonyl (C=O) groups is 1. The van der Waals surface area contributed by atoms with Crippen LogP contribution in [0.15, 0.2) is 82.1 Å². The van der Waals surface area contributed by atoms with Gasteiger partial charge >= 0.3 is 0 Å². The molecule has 2 heterocycles. The third kappa shape index (κ3) is 4.72. The van der Waals surface area contributed by atoms with Crippen molar-refractivity contribution >= 4 is 27.5 Å². The molecule has 1 N–H and O–H groups in total. The summed E-state index contributed by atoms with van der Waals surface area (Å²) < 4.78 is 39.9. The van der Waals surface area contributed by atoms with Gasteiger partial charge in [0.05, 0.1) is 7.11 Å². The fraction of sp³-hybridized carbons (Fsp3) is 0.231. The predicted octanol–water partition coefficient (Wildman–Crippen LogP) is 4.29. The molecule has 0 radical (unpaired) electrons. The first-order valence-corrected chi connectivity index (χ1v) is 12.8. The van der Waals surface area contributed by atoms with Crippen molar-refractivity contribution < 1.29 is 22.7 Å². The van der Waals surface area contributed by atoms with Crippen LogP contribution in [-0.2, 0) is 14.8 Å². The number of nitrogens with one attached hydrogen (secondary N) is 1. The molecule has 35 heavy (non-hydrogen) atoms. The molecule has 3 aromatic carbocycles. The highest BCUT2D eigenvalue weighted by atomic mass is 32.2. The molecular weight excluding hydrogens is 466 g/mol. The largest absolute Gasteiger partial charge is 0.493 e. The van der Waals surface area contributed by atoms with Crippen LogP contribution in [0.2, 0.25) is 0 Å². The van der Waals surface area contributed by atoms with Gasteiger partial charge in [-0.2, -0.15) is 8.42 Å². The first-order chi connectivity index (χ1) is 16.9. The fourth-order valence-corrected chi connectivity index (χ4v) is 5.58. The fourth-order valence-electron chi connectivity index (χ4n) is 4.35. The van der Waals surface area contributed by atoms with Crippen molar-refractivity contribution in [1.29, 1.82) is 0 Å².